The minimum atomic E-state index is -0.103. The lowest BCUT2D eigenvalue weighted by molar-refractivity contribution is 0.0951. The van der Waals surface area contributed by atoms with Crippen molar-refractivity contribution in [1.29, 1.82) is 0 Å². The van der Waals surface area contributed by atoms with E-state index in [1.165, 1.54) is 18.4 Å². The number of halogens is 2. The minimum absolute atomic E-state index is 0.103. The third-order valence-electron chi connectivity index (χ3n) is 4.82. The highest BCUT2D eigenvalue weighted by molar-refractivity contribution is 6.35. The molecule has 0 unspecified atom stereocenters. The highest BCUT2D eigenvalue weighted by atomic mass is 35.5. The van der Waals surface area contributed by atoms with Crippen molar-refractivity contribution in [2.24, 2.45) is 5.92 Å². The first-order valence-corrected chi connectivity index (χ1v) is 9.80. The molecular formula is C21H24Cl2N2O. The van der Waals surface area contributed by atoms with E-state index in [2.05, 4.69) is 17.1 Å². The van der Waals surface area contributed by atoms with Gasteiger partial charge in [-0.3, -0.25) is 9.69 Å². The summed E-state index contributed by atoms with van der Waals surface area (Å²) in [6.07, 6.45) is 2.60. The highest BCUT2D eigenvalue weighted by Crippen LogP contribution is 2.21. The van der Waals surface area contributed by atoms with Crippen molar-refractivity contribution in [3.8, 4) is 0 Å². The van der Waals surface area contributed by atoms with Crippen LogP contribution in [0, 0.1) is 5.92 Å². The van der Waals surface area contributed by atoms with Gasteiger partial charge in [0.25, 0.3) is 5.91 Å². The van der Waals surface area contributed by atoms with Gasteiger partial charge >= 0.3 is 0 Å². The number of nitrogens with zero attached hydrogens (tertiary/aromatic N) is 1. The van der Waals surface area contributed by atoms with Gasteiger partial charge in [0.05, 0.1) is 0 Å². The smallest absolute Gasteiger partial charge is 0.251 e. The monoisotopic (exact) mass is 390 g/mol. The fourth-order valence-corrected chi connectivity index (χ4v) is 3.87. The predicted octanol–water partition coefficient (Wildman–Crippen LogP) is 5.16. The molecule has 0 radical (unpaired) electrons. The molecule has 1 amide bonds. The second kappa shape index (κ2) is 8.90. The van der Waals surface area contributed by atoms with Crippen LogP contribution in [0.2, 0.25) is 10.0 Å². The van der Waals surface area contributed by atoms with Crippen molar-refractivity contribution >= 4 is 29.1 Å². The lowest BCUT2D eigenvalue weighted by atomic mass is 9.99. The number of benzene rings is 2. The van der Waals surface area contributed by atoms with Gasteiger partial charge in [0.15, 0.2) is 0 Å². The van der Waals surface area contributed by atoms with E-state index in [0.717, 1.165) is 31.1 Å². The summed E-state index contributed by atoms with van der Waals surface area (Å²) in [6, 6.07) is 13.1. The van der Waals surface area contributed by atoms with Crippen LogP contribution in [0.1, 0.15) is 41.3 Å². The van der Waals surface area contributed by atoms with Crippen LogP contribution in [-0.2, 0) is 13.1 Å². The van der Waals surface area contributed by atoms with Gasteiger partial charge in [0.1, 0.15) is 0 Å². The van der Waals surface area contributed by atoms with Crippen LogP contribution >= 0.6 is 23.2 Å². The molecule has 0 aliphatic carbocycles. The lowest BCUT2D eigenvalue weighted by Crippen LogP contribution is -2.33. The number of carbonyl (C=O) groups excluding carboxylic acids is 1. The minimum Gasteiger partial charge on any atom is -0.348 e. The summed E-state index contributed by atoms with van der Waals surface area (Å²) in [5.74, 6) is 0.669. The summed E-state index contributed by atoms with van der Waals surface area (Å²) in [7, 11) is 0. The summed E-state index contributed by atoms with van der Waals surface area (Å²) in [5.41, 5.74) is 2.75. The zero-order chi connectivity index (χ0) is 18.5. The Labute approximate surface area is 165 Å². The van der Waals surface area contributed by atoms with Gasteiger partial charge in [-0.1, -0.05) is 48.3 Å². The molecule has 1 saturated heterocycles. The molecule has 0 aromatic heterocycles. The zero-order valence-corrected chi connectivity index (χ0v) is 16.5. The summed E-state index contributed by atoms with van der Waals surface area (Å²) < 4.78 is 0. The quantitative estimate of drug-likeness (QED) is 0.764. The van der Waals surface area contributed by atoms with Crippen molar-refractivity contribution in [1.82, 2.24) is 10.2 Å². The van der Waals surface area contributed by atoms with Crippen LogP contribution in [0.3, 0.4) is 0 Å². The van der Waals surface area contributed by atoms with E-state index in [0.29, 0.717) is 22.2 Å². The number of hydrogen-bond acceptors (Lipinski definition) is 2. The number of nitrogens with one attached hydrogen (secondary N) is 1. The van der Waals surface area contributed by atoms with Gasteiger partial charge in [-0.25, -0.2) is 0 Å². The number of likely N-dealkylation sites (tertiary alicyclic amines) is 1. The largest absolute Gasteiger partial charge is 0.348 e. The standard InChI is InChI=1S/C21H24Cl2N2O/c1-15-3-2-10-25(13-15)14-16-4-6-17(7-5-16)21(26)24-12-18-8-9-19(22)11-20(18)23/h4-9,11,15H,2-3,10,12-14H2,1H3,(H,24,26)/t15-/m0/s1. The Kier molecular flexibility index (Phi) is 6.58. The molecule has 3 nitrogen and oxygen atoms in total. The second-order valence-corrected chi connectivity index (χ2v) is 7.94. The molecule has 0 bridgehead atoms. The number of carbonyl (C=O) groups is 1. The number of hydrogen-bond donors (Lipinski definition) is 1. The Morgan fingerprint density at radius 3 is 2.65 bits per heavy atom. The Morgan fingerprint density at radius 2 is 1.96 bits per heavy atom. The molecule has 138 valence electrons. The molecule has 1 atom stereocenters. The summed E-state index contributed by atoms with van der Waals surface area (Å²) >= 11 is 12.0. The maximum absolute atomic E-state index is 12.3. The number of piperidine rings is 1. The molecular weight excluding hydrogens is 367 g/mol. The fourth-order valence-electron chi connectivity index (χ4n) is 3.39. The molecule has 1 fully saturated rings. The average Bonchev–Trinajstić information content (AvgIpc) is 2.61. The van der Waals surface area contributed by atoms with Crippen molar-refractivity contribution in [3.63, 3.8) is 0 Å². The van der Waals surface area contributed by atoms with E-state index in [9.17, 15) is 4.79 Å². The first-order chi connectivity index (χ1) is 12.5. The van der Waals surface area contributed by atoms with E-state index in [4.69, 9.17) is 23.2 Å². The van der Waals surface area contributed by atoms with Crippen molar-refractivity contribution in [2.45, 2.75) is 32.9 Å². The summed E-state index contributed by atoms with van der Waals surface area (Å²) in [5, 5.41) is 4.05. The first-order valence-electron chi connectivity index (χ1n) is 9.04. The molecule has 1 aliphatic heterocycles. The topological polar surface area (TPSA) is 32.3 Å². The van der Waals surface area contributed by atoms with E-state index in [-0.39, 0.29) is 5.91 Å². The Balaban J connectivity index is 1.55. The van der Waals surface area contributed by atoms with Gasteiger partial charge in [-0.05, 0) is 60.7 Å². The average molecular weight is 391 g/mol. The Morgan fingerprint density at radius 1 is 1.19 bits per heavy atom. The van der Waals surface area contributed by atoms with Crippen molar-refractivity contribution in [3.05, 3.63) is 69.2 Å². The highest BCUT2D eigenvalue weighted by Gasteiger charge is 2.16. The molecule has 5 heteroatoms. The van der Waals surface area contributed by atoms with Gasteiger partial charge in [0, 0.05) is 35.2 Å². The fraction of sp³-hybridized carbons (Fsp3) is 0.381. The predicted molar refractivity (Wildman–Crippen MR) is 108 cm³/mol. The lowest BCUT2D eigenvalue weighted by Gasteiger charge is -2.30. The van der Waals surface area contributed by atoms with Crippen molar-refractivity contribution in [2.75, 3.05) is 13.1 Å². The third kappa shape index (κ3) is 5.23. The molecule has 2 aromatic carbocycles. The molecule has 1 heterocycles. The normalized spacial score (nSPS) is 17.9. The van der Waals surface area contributed by atoms with Crippen LogP contribution in [0.4, 0.5) is 0 Å². The van der Waals surface area contributed by atoms with E-state index < -0.39 is 0 Å². The summed E-state index contributed by atoms with van der Waals surface area (Å²) in [6.45, 7) is 5.96. The van der Waals surface area contributed by atoms with Crippen molar-refractivity contribution < 1.29 is 4.79 Å². The van der Waals surface area contributed by atoms with Crippen LogP contribution in [0.25, 0.3) is 0 Å². The number of amides is 1. The van der Waals surface area contributed by atoms with Gasteiger partial charge < -0.3 is 5.32 Å². The molecule has 0 spiro atoms. The second-order valence-electron chi connectivity index (χ2n) is 7.10. The molecule has 26 heavy (non-hydrogen) atoms. The molecule has 2 aromatic rings. The Hall–Kier alpha value is -1.55. The maximum Gasteiger partial charge on any atom is 0.251 e. The van der Waals surface area contributed by atoms with E-state index in [1.807, 2.05) is 30.3 Å². The molecule has 1 aliphatic rings. The SMILES string of the molecule is C[C@H]1CCCN(Cc2ccc(C(=O)NCc3ccc(Cl)cc3Cl)cc2)C1. The first kappa shape index (κ1) is 19.2. The summed E-state index contributed by atoms with van der Waals surface area (Å²) in [4.78, 5) is 14.8. The van der Waals surface area contributed by atoms with E-state index >= 15 is 0 Å². The van der Waals surface area contributed by atoms with Gasteiger partial charge in [0.2, 0.25) is 0 Å². The zero-order valence-electron chi connectivity index (χ0n) is 15.0. The van der Waals surface area contributed by atoms with Gasteiger partial charge in [-0.15, -0.1) is 0 Å². The maximum atomic E-state index is 12.3. The van der Waals surface area contributed by atoms with Crippen LogP contribution < -0.4 is 5.32 Å². The van der Waals surface area contributed by atoms with E-state index in [1.54, 1.807) is 12.1 Å². The number of rotatable bonds is 5. The molecule has 1 N–H and O–H groups in total. The third-order valence-corrected chi connectivity index (χ3v) is 5.40. The molecule has 3 rings (SSSR count). The van der Waals surface area contributed by atoms with Gasteiger partial charge in [-0.2, -0.15) is 0 Å². The molecule has 0 saturated carbocycles. The van der Waals surface area contributed by atoms with Crippen LogP contribution in [0.15, 0.2) is 42.5 Å². The van der Waals surface area contributed by atoms with Crippen LogP contribution in [0.5, 0.6) is 0 Å². The van der Waals surface area contributed by atoms with Crippen LogP contribution in [-0.4, -0.2) is 23.9 Å². The Bertz CT molecular complexity index is 761.